The summed E-state index contributed by atoms with van der Waals surface area (Å²) in [6, 6.07) is 19.9. The van der Waals surface area contributed by atoms with Crippen LogP contribution in [0.5, 0.6) is 5.75 Å². The summed E-state index contributed by atoms with van der Waals surface area (Å²) >= 11 is 0. The SMILES string of the molecule is CC(OC(=O)COc1ccccc1C=O)C(=O)Nc1ccc2ccccc2c1. The Morgan fingerprint density at radius 2 is 1.71 bits per heavy atom. The normalized spacial score (nSPS) is 11.5. The number of para-hydroxylation sites is 1. The van der Waals surface area contributed by atoms with Crippen LogP contribution in [0.4, 0.5) is 5.69 Å². The van der Waals surface area contributed by atoms with Gasteiger partial charge in [0.25, 0.3) is 5.91 Å². The summed E-state index contributed by atoms with van der Waals surface area (Å²) < 4.78 is 10.4. The largest absolute Gasteiger partial charge is 0.481 e. The average Bonchev–Trinajstić information content (AvgIpc) is 2.72. The van der Waals surface area contributed by atoms with Crippen molar-refractivity contribution in [1.29, 1.82) is 0 Å². The van der Waals surface area contributed by atoms with Gasteiger partial charge in [0.15, 0.2) is 19.0 Å². The summed E-state index contributed by atoms with van der Waals surface area (Å²) in [5, 5.41) is 4.78. The second-order valence-electron chi connectivity index (χ2n) is 6.13. The van der Waals surface area contributed by atoms with Crippen molar-refractivity contribution >= 4 is 34.6 Å². The van der Waals surface area contributed by atoms with E-state index in [1.165, 1.54) is 6.92 Å². The molecule has 1 N–H and O–H groups in total. The number of hydrogen-bond acceptors (Lipinski definition) is 5. The van der Waals surface area contributed by atoms with E-state index in [4.69, 9.17) is 9.47 Å². The lowest BCUT2D eigenvalue weighted by atomic mass is 10.1. The summed E-state index contributed by atoms with van der Waals surface area (Å²) in [5.41, 5.74) is 0.945. The van der Waals surface area contributed by atoms with Crippen LogP contribution in [0.1, 0.15) is 17.3 Å². The lowest BCUT2D eigenvalue weighted by molar-refractivity contribution is -0.155. The maximum absolute atomic E-state index is 12.3. The van der Waals surface area contributed by atoms with Crippen molar-refractivity contribution in [2.75, 3.05) is 11.9 Å². The van der Waals surface area contributed by atoms with Crippen molar-refractivity contribution in [2.45, 2.75) is 13.0 Å². The summed E-state index contributed by atoms with van der Waals surface area (Å²) in [6.07, 6.45) is -0.357. The van der Waals surface area contributed by atoms with Crippen molar-refractivity contribution in [3.63, 3.8) is 0 Å². The third-order valence-corrected chi connectivity index (χ3v) is 4.09. The van der Waals surface area contributed by atoms with Gasteiger partial charge in [0.05, 0.1) is 5.56 Å². The third kappa shape index (κ3) is 4.73. The Bertz CT molecular complexity index is 1010. The number of carbonyl (C=O) groups is 3. The van der Waals surface area contributed by atoms with E-state index < -0.39 is 24.6 Å². The quantitative estimate of drug-likeness (QED) is 0.503. The van der Waals surface area contributed by atoms with E-state index in [1.54, 1.807) is 30.3 Å². The fourth-order valence-corrected chi connectivity index (χ4v) is 2.64. The molecule has 0 saturated carbocycles. The van der Waals surface area contributed by atoms with Crippen LogP contribution in [-0.2, 0) is 14.3 Å². The Hall–Kier alpha value is -3.67. The Morgan fingerprint density at radius 1 is 1.00 bits per heavy atom. The first-order valence-corrected chi connectivity index (χ1v) is 8.73. The van der Waals surface area contributed by atoms with Gasteiger partial charge in [-0.15, -0.1) is 0 Å². The first kappa shape index (κ1) is 19.1. The molecule has 6 heteroatoms. The summed E-state index contributed by atoms with van der Waals surface area (Å²) in [7, 11) is 0. The van der Waals surface area contributed by atoms with Gasteiger partial charge in [0, 0.05) is 5.69 Å². The van der Waals surface area contributed by atoms with E-state index in [-0.39, 0.29) is 5.75 Å². The monoisotopic (exact) mass is 377 g/mol. The van der Waals surface area contributed by atoms with Crippen molar-refractivity contribution in [3.8, 4) is 5.75 Å². The van der Waals surface area contributed by atoms with Crippen LogP contribution >= 0.6 is 0 Å². The Kier molecular flexibility index (Phi) is 6.01. The van der Waals surface area contributed by atoms with Crippen molar-refractivity contribution in [2.24, 2.45) is 0 Å². The molecule has 0 saturated heterocycles. The highest BCUT2D eigenvalue weighted by Crippen LogP contribution is 2.19. The van der Waals surface area contributed by atoms with E-state index in [2.05, 4.69) is 5.32 Å². The lowest BCUT2D eigenvalue weighted by Gasteiger charge is -2.14. The number of esters is 1. The highest BCUT2D eigenvalue weighted by molar-refractivity contribution is 5.97. The molecule has 1 amide bonds. The summed E-state index contributed by atoms with van der Waals surface area (Å²) in [5.74, 6) is -0.874. The number of aldehydes is 1. The summed E-state index contributed by atoms with van der Waals surface area (Å²) in [4.78, 5) is 35.2. The molecule has 28 heavy (non-hydrogen) atoms. The zero-order valence-corrected chi connectivity index (χ0v) is 15.3. The van der Waals surface area contributed by atoms with Gasteiger partial charge in [-0.2, -0.15) is 0 Å². The van der Waals surface area contributed by atoms with E-state index >= 15 is 0 Å². The molecule has 0 bridgehead atoms. The zero-order valence-electron chi connectivity index (χ0n) is 15.3. The molecule has 0 aliphatic carbocycles. The van der Waals surface area contributed by atoms with Crippen LogP contribution in [0.3, 0.4) is 0 Å². The lowest BCUT2D eigenvalue weighted by Crippen LogP contribution is -2.31. The van der Waals surface area contributed by atoms with Crippen LogP contribution in [0.25, 0.3) is 10.8 Å². The van der Waals surface area contributed by atoms with E-state index in [1.807, 2.05) is 36.4 Å². The van der Waals surface area contributed by atoms with E-state index in [0.29, 0.717) is 17.5 Å². The number of rotatable bonds is 7. The van der Waals surface area contributed by atoms with Crippen LogP contribution in [0, 0.1) is 0 Å². The number of carbonyl (C=O) groups excluding carboxylic acids is 3. The van der Waals surface area contributed by atoms with Crippen molar-refractivity contribution in [1.82, 2.24) is 0 Å². The number of ether oxygens (including phenoxy) is 2. The maximum atomic E-state index is 12.3. The van der Waals surface area contributed by atoms with E-state index in [0.717, 1.165) is 10.8 Å². The van der Waals surface area contributed by atoms with Gasteiger partial charge < -0.3 is 14.8 Å². The number of benzene rings is 3. The molecular formula is C22H19NO5. The van der Waals surface area contributed by atoms with Crippen LogP contribution in [0.2, 0.25) is 0 Å². The van der Waals surface area contributed by atoms with Gasteiger partial charge >= 0.3 is 5.97 Å². The molecule has 3 rings (SSSR count). The molecular weight excluding hydrogens is 358 g/mol. The fraction of sp³-hybridized carbons (Fsp3) is 0.136. The van der Waals surface area contributed by atoms with Gasteiger partial charge in [0.1, 0.15) is 5.75 Å². The molecule has 1 unspecified atom stereocenters. The molecule has 0 radical (unpaired) electrons. The predicted molar refractivity (Wildman–Crippen MR) is 105 cm³/mol. The second kappa shape index (κ2) is 8.81. The number of hydrogen-bond donors (Lipinski definition) is 1. The minimum absolute atomic E-state index is 0.280. The number of nitrogens with one attached hydrogen (secondary N) is 1. The molecule has 0 fully saturated rings. The third-order valence-electron chi connectivity index (χ3n) is 4.09. The van der Waals surface area contributed by atoms with Crippen LogP contribution < -0.4 is 10.1 Å². The highest BCUT2D eigenvalue weighted by atomic mass is 16.6. The van der Waals surface area contributed by atoms with Gasteiger partial charge in [-0.25, -0.2) is 4.79 Å². The minimum atomic E-state index is -0.996. The summed E-state index contributed by atoms with van der Waals surface area (Å²) in [6.45, 7) is 1.08. The first-order chi connectivity index (χ1) is 13.6. The molecule has 0 aliphatic rings. The van der Waals surface area contributed by atoms with Gasteiger partial charge in [0.2, 0.25) is 0 Å². The molecule has 0 spiro atoms. The van der Waals surface area contributed by atoms with Crippen LogP contribution in [-0.4, -0.2) is 30.9 Å². The minimum Gasteiger partial charge on any atom is -0.481 e. The molecule has 6 nitrogen and oxygen atoms in total. The molecule has 3 aromatic carbocycles. The zero-order chi connectivity index (χ0) is 19.9. The van der Waals surface area contributed by atoms with Gasteiger partial charge in [-0.05, 0) is 42.0 Å². The van der Waals surface area contributed by atoms with E-state index in [9.17, 15) is 14.4 Å². The molecule has 0 aliphatic heterocycles. The molecule has 142 valence electrons. The van der Waals surface area contributed by atoms with Gasteiger partial charge in [-0.1, -0.05) is 42.5 Å². The number of amides is 1. The highest BCUT2D eigenvalue weighted by Gasteiger charge is 2.18. The average molecular weight is 377 g/mol. The van der Waals surface area contributed by atoms with Crippen molar-refractivity contribution < 1.29 is 23.9 Å². The molecule has 3 aromatic rings. The van der Waals surface area contributed by atoms with Crippen molar-refractivity contribution in [3.05, 3.63) is 72.3 Å². The Balaban J connectivity index is 1.54. The molecule has 0 heterocycles. The molecule has 0 aromatic heterocycles. The fourth-order valence-electron chi connectivity index (χ4n) is 2.64. The topological polar surface area (TPSA) is 81.7 Å². The first-order valence-electron chi connectivity index (χ1n) is 8.73. The second-order valence-corrected chi connectivity index (χ2v) is 6.13. The predicted octanol–water partition coefficient (Wildman–Crippen LogP) is 3.60. The Morgan fingerprint density at radius 3 is 2.50 bits per heavy atom. The number of fused-ring (bicyclic) bond motifs is 1. The standard InChI is InChI=1S/C22H19NO5/c1-15(28-21(25)14-27-20-9-5-4-8-18(20)13-24)22(26)23-19-11-10-16-6-2-3-7-17(16)12-19/h2-13,15H,14H2,1H3,(H,23,26). The van der Waals surface area contributed by atoms with Crippen LogP contribution in [0.15, 0.2) is 66.7 Å². The van der Waals surface area contributed by atoms with Gasteiger partial charge in [-0.3, -0.25) is 9.59 Å². The Labute approximate surface area is 162 Å². The smallest absolute Gasteiger partial charge is 0.344 e. The molecule has 1 atom stereocenters. The maximum Gasteiger partial charge on any atom is 0.344 e. The number of anilines is 1.